The van der Waals surface area contributed by atoms with Gasteiger partial charge in [-0.15, -0.1) is 37.1 Å². The van der Waals surface area contributed by atoms with Crippen molar-refractivity contribution in [3.8, 4) is 5.75 Å². The van der Waals surface area contributed by atoms with Crippen molar-refractivity contribution in [3.63, 3.8) is 0 Å². The van der Waals surface area contributed by atoms with Crippen LogP contribution in [0.5, 0.6) is 5.75 Å². The number of anilines is 1. The summed E-state index contributed by atoms with van der Waals surface area (Å²) in [5.41, 5.74) is 5.77. The predicted octanol–water partition coefficient (Wildman–Crippen LogP) is 3.62. The van der Waals surface area contributed by atoms with Crippen molar-refractivity contribution in [3.05, 3.63) is 36.6 Å². The zero-order valence-electron chi connectivity index (χ0n) is 12.0. The third kappa shape index (κ3) is 6.97. The monoisotopic (exact) mass is 443 g/mol. The number of rotatable bonds is 4. The van der Waals surface area contributed by atoms with Gasteiger partial charge in [0.1, 0.15) is 6.10 Å². The fraction of sp³-hybridized carbons (Fsp3) is 0.357. The molecule has 0 saturated carbocycles. The number of ether oxygens (including phenoxy) is 2. The minimum atomic E-state index is -4.77. The molecule has 1 heterocycles. The number of nitrogens with one attached hydrogen (secondary N) is 1. The Balaban J connectivity index is 0.00000264. The Bertz CT molecular complexity index is 564. The molecule has 1 aliphatic heterocycles. The van der Waals surface area contributed by atoms with Gasteiger partial charge in [0.05, 0.1) is 18.5 Å². The summed E-state index contributed by atoms with van der Waals surface area (Å²) in [5, 5.41) is 2.60. The second-order valence-electron chi connectivity index (χ2n) is 4.60. The maximum absolute atomic E-state index is 12.3. The van der Waals surface area contributed by atoms with Crippen molar-refractivity contribution in [2.75, 3.05) is 11.9 Å². The molecule has 0 radical (unpaired) electrons. The number of halogens is 4. The molecular formula is C14H17F3IN3O2. The van der Waals surface area contributed by atoms with Gasteiger partial charge in [0.2, 0.25) is 0 Å². The van der Waals surface area contributed by atoms with E-state index < -0.39 is 6.36 Å². The highest BCUT2D eigenvalue weighted by atomic mass is 127. The Labute approximate surface area is 148 Å². The van der Waals surface area contributed by atoms with Crippen LogP contribution in [0.1, 0.15) is 12.8 Å². The van der Waals surface area contributed by atoms with Gasteiger partial charge in [-0.1, -0.05) is 12.1 Å². The lowest BCUT2D eigenvalue weighted by atomic mass is 10.2. The van der Waals surface area contributed by atoms with Crippen molar-refractivity contribution in [2.24, 2.45) is 10.7 Å². The highest BCUT2D eigenvalue weighted by Crippen LogP contribution is 2.29. The van der Waals surface area contributed by atoms with Crippen LogP contribution in [0.2, 0.25) is 0 Å². The van der Waals surface area contributed by atoms with Gasteiger partial charge in [0.15, 0.2) is 11.7 Å². The Morgan fingerprint density at radius 1 is 1.39 bits per heavy atom. The van der Waals surface area contributed by atoms with E-state index in [1.165, 1.54) is 18.2 Å². The van der Waals surface area contributed by atoms with Gasteiger partial charge in [-0.05, 0) is 31.1 Å². The Morgan fingerprint density at radius 3 is 2.78 bits per heavy atom. The molecule has 1 aromatic rings. The van der Waals surface area contributed by atoms with Gasteiger partial charge in [-0.2, -0.15) is 0 Å². The number of aliphatic imine (C=N–C) groups is 1. The van der Waals surface area contributed by atoms with Crippen molar-refractivity contribution in [1.82, 2.24) is 0 Å². The SMILES string of the molecule is I.NC(=NCC1CCC=CO1)Nc1ccccc1OC(F)(F)F. The maximum atomic E-state index is 12.3. The Hall–Kier alpha value is -1.65. The number of allylic oxidation sites excluding steroid dienone is 1. The van der Waals surface area contributed by atoms with Crippen molar-refractivity contribution in [1.29, 1.82) is 0 Å². The summed E-state index contributed by atoms with van der Waals surface area (Å²) in [6.45, 7) is 0.325. The highest BCUT2D eigenvalue weighted by molar-refractivity contribution is 14.0. The molecular weight excluding hydrogens is 426 g/mol. The maximum Gasteiger partial charge on any atom is 0.573 e. The van der Waals surface area contributed by atoms with E-state index in [9.17, 15) is 13.2 Å². The van der Waals surface area contributed by atoms with E-state index in [0.29, 0.717) is 6.54 Å². The van der Waals surface area contributed by atoms with Crippen LogP contribution >= 0.6 is 24.0 Å². The zero-order chi connectivity index (χ0) is 16.0. The Morgan fingerprint density at radius 2 is 2.13 bits per heavy atom. The van der Waals surface area contributed by atoms with Crippen LogP contribution in [-0.4, -0.2) is 25.0 Å². The lowest BCUT2D eigenvalue weighted by Gasteiger charge is -2.18. The molecule has 1 aromatic carbocycles. The van der Waals surface area contributed by atoms with E-state index in [0.717, 1.165) is 12.8 Å². The van der Waals surface area contributed by atoms with Gasteiger partial charge in [-0.25, -0.2) is 4.99 Å². The fourth-order valence-electron chi connectivity index (χ4n) is 1.88. The number of alkyl halides is 3. The summed E-state index contributed by atoms with van der Waals surface area (Å²) in [6, 6.07) is 5.61. The third-order valence-electron chi connectivity index (χ3n) is 2.86. The Kier molecular flexibility index (Phi) is 7.46. The molecule has 0 amide bonds. The summed E-state index contributed by atoms with van der Waals surface area (Å²) in [5.74, 6) is -0.374. The van der Waals surface area contributed by atoms with Crippen LogP contribution < -0.4 is 15.8 Å². The minimum Gasteiger partial charge on any atom is -0.496 e. The van der Waals surface area contributed by atoms with Crippen molar-refractivity contribution < 1.29 is 22.6 Å². The summed E-state index contributed by atoms with van der Waals surface area (Å²) in [7, 11) is 0. The second-order valence-corrected chi connectivity index (χ2v) is 4.60. The van der Waals surface area contributed by atoms with Crippen LogP contribution in [0.4, 0.5) is 18.9 Å². The molecule has 128 valence electrons. The van der Waals surface area contributed by atoms with Gasteiger partial charge in [-0.3, -0.25) is 0 Å². The van der Waals surface area contributed by atoms with Crippen molar-refractivity contribution in [2.45, 2.75) is 25.3 Å². The average molecular weight is 443 g/mol. The molecule has 0 bridgehead atoms. The molecule has 23 heavy (non-hydrogen) atoms. The molecule has 1 atom stereocenters. The standard InChI is InChI=1S/C14H16F3N3O2.HI/c15-14(16,17)22-12-7-2-1-6-11(12)20-13(18)19-9-10-5-3-4-8-21-10;/h1-2,4,6-8,10H,3,5,9H2,(H3,18,19,20);1H. The molecule has 9 heteroatoms. The van der Waals surface area contributed by atoms with Crippen LogP contribution in [0.15, 0.2) is 41.6 Å². The van der Waals surface area contributed by atoms with E-state index >= 15 is 0 Å². The molecule has 0 aliphatic carbocycles. The number of guanidine groups is 1. The number of nitrogens with two attached hydrogens (primary N) is 1. The quantitative estimate of drug-likeness (QED) is 0.424. The molecule has 5 nitrogen and oxygen atoms in total. The largest absolute Gasteiger partial charge is 0.573 e. The van der Waals surface area contributed by atoms with E-state index in [4.69, 9.17) is 10.5 Å². The first kappa shape index (κ1) is 19.4. The highest BCUT2D eigenvalue weighted by Gasteiger charge is 2.32. The first-order valence-corrected chi connectivity index (χ1v) is 6.66. The minimum absolute atomic E-state index is 0. The molecule has 2 rings (SSSR count). The normalized spacial score (nSPS) is 17.9. The van der Waals surface area contributed by atoms with Gasteiger partial charge < -0.3 is 20.5 Å². The first-order chi connectivity index (χ1) is 10.4. The molecule has 0 fully saturated rings. The summed E-state index contributed by atoms with van der Waals surface area (Å²) >= 11 is 0. The van der Waals surface area contributed by atoms with Crippen LogP contribution in [0.3, 0.4) is 0 Å². The van der Waals surface area contributed by atoms with E-state index in [1.54, 1.807) is 12.3 Å². The van der Waals surface area contributed by atoms with E-state index in [1.807, 2.05) is 6.08 Å². The number of para-hydroxylation sites is 2. The third-order valence-corrected chi connectivity index (χ3v) is 2.86. The fourth-order valence-corrected chi connectivity index (χ4v) is 1.88. The summed E-state index contributed by atoms with van der Waals surface area (Å²) in [6.07, 6.45) is 0.391. The second kappa shape index (κ2) is 8.85. The molecule has 0 aromatic heterocycles. The van der Waals surface area contributed by atoms with Crippen LogP contribution in [0.25, 0.3) is 0 Å². The zero-order valence-corrected chi connectivity index (χ0v) is 14.4. The molecule has 0 saturated heterocycles. The van der Waals surface area contributed by atoms with E-state index in [-0.39, 0.29) is 47.5 Å². The predicted molar refractivity (Wildman–Crippen MR) is 91.9 cm³/mol. The molecule has 0 spiro atoms. The van der Waals surface area contributed by atoms with Gasteiger partial charge in [0, 0.05) is 0 Å². The average Bonchev–Trinajstić information content (AvgIpc) is 2.47. The summed E-state index contributed by atoms with van der Waals surface area (Å²) < 4.78 is 46.2. The van der Waals surface area contributed by atoms with Crippen LogP contribution in [0, 0.1) is 0 Å². The molecule has 3 N–H and O–H groups in total. The molecule has 1 aliphatic rings. The van der Waals surface area contributed by atoms with Gasteiger partial charge >= 0.3 is 6.36 Å². The topological polar surface area (TPSA) is 68.9 Å². The number of nitrogens with zero attached hydrogens (tertiary/aromatic N) is 1. The van der Waals surface area contributed by atoms with Gasteiger partial charge in [0.25, 0.3) is 0 Å². The molecule has 1 unspecified atom stereocenters. The lowest BCUT2D eigenvalue weighted by Crippen LogP contribution is -2.26. The smallest absolute Gasteiger partial charge is 0.496 e. The van der Waals surface area contributed by atoms with Crippen LogP contribution in [-0.2, 0) is 4.74 Å². The number of benzene rings is 1. The first-order valence-electron chi connectivity index (χ1n) is 6.66. The summed E-state index contributed by atoms with van der Waals surface area (Å²) in [4.78, 5) is 4.07. The van der Waals surface area contributed by atoms with E-state index in [2.05, 4.69) is 15.0 Å². The number of hydrogen-bond donors (Lipinski definition) is 2. The lowest BCUT2D eigenvalue weighted by molar-refractivity contribution is -0.274. The number of hydrogen-bond acceptors (Lipinski definition) is 3. The van der Waals surface area contributed by atoms with Crippen molar-refractivity contribution >= 4 is 35.6 Å².